The molecule has 0 saturated carbocycles. The van der Waals surface area contributed by atoms with E-state index in [1.165, 1.54) is 12.1 Å². The molecule has 0 unspecified atom stereocenters. The summed E-state index contributed by atoms with van der Waals surface area (Å²) < 4.78 is 30.8. The van der Waals surface area contributed by atoms with E-state index in [9.17, 15) is 8.42 Å². The molecular weight excluding hydrogens is 214 g/mol. The fourth-order valence-electron chi connectivity index (χ4n) is 1.82. The Hall–Kier alpha value is -1.07. The van der Waals surface area contributed by atoms with E-state index in [2.05, 4.69) is 4.90 Å². The lowest BCUT2D eigenvalue weighted by Gasteiger charge is -2.17. The van der Waals surface area contributed by atoms with Gasteiger partial charge < -0.3 is 4.90 Å². The molecule has 4 nitrogen and oxygen atoms in total. The highest BCUT2D eigenvalue weighted by molar-refractivity contribution is 7.85. The van der Waals surface area contributed by atoms with Crippen LogP contribution in [-0.4, -0.2) is 26.1 Å². The lowest BCUT2D eigenvalue weighted by Crippen LogP contribution is -2.17. The van der Waals surface area contributed by atoms with Crippen LogP contribution in [0.4, 0.5) is 5.69 Å². The third kappa shape index (κ3) is 2.30. The van der Waals surface area contributed by atoms with Crippen LogP contribution in [-0.2, 0) is 10.1 Å². The average molecular weight is 227 g/mol. The molecule has 1 saturated heterocycles. The molecule has 0 bridgehead atoms. The lowest BCUT2D eigenvalue weighted by atomic mass is 10.3. The van der Waals surface area contributed by atoms with Gasteiger partial charge in [-0.25, -0.2) is 0 Å². The minimum atomic E-state index is -4.08. The fraction of sp³-hybridized carbons (Fsp3) is 0.400. The van der Waals surface area contributed by atoms with E-state index in [-0.39, 0.29) is 4.90 Å². The smallest absolute Gasteiger partial charge is 0.294 e. The highest BCUT2D eigenvalue weighted by Crippen LogP contribution is 2.22. The van der Waals surface area contributed by atoms with Gasteiger partial charge in [-0.3, -0.25) is 4.55 Å². The quantitative estimate of drug-likeness (QED) is 0.778. The normalized spacial score (nSPS) is 17.0. The van der Waals surface area contributed by atoms with E-state index in [0.717, 1.165) is 31.6 Å². The van der Waals surface area contributed by atoms with E-state index >= 15 is 0 Å². The van der Waals surface area contributed by atoms with E-state index in [1.54, 1.807) is 6.07 Å². The molecule has 1 aliphatic rings. The van der Waals surface area contributed by atoms with Crippen LogP contribution >= 0.6 is 0 Å². The van der Waals surface area contributed by atoms with E-state index in [0.29, 0.717) is 0 Å². The molecule has 1 aromatic carbocycles. The first-order valence-corrected chi connectivity index (χ1v) is 6.34. The van der Waals surface area contributed by atoms with E-state index in [1.807, 2.05) is 6.07 Å². The topological polar surface area (TPSA) is 57.6 Å². The molecule has 0 spiro atoms. The molecule has 1 heterocycles. The minimum absolute atomic E-state index is 0.0353. The Kier molecular flexibility index (Phi) is 2.67. The van der Waals surface area contributed by atoms with Gasteiger partial charge in [-0.1, -0.05) is 6.07 Å². The summed E-state index contributed by atoms with van der Waals surface area (Å²) >= 11 is 0. The number of nitrogens with zero attached hydrogens (tertiary/aromatic N) is 1. The molecule has 82 valence electrons. The third-order valence-electron chi connectivity index (χ3n) is 2.59. The van der Waals surface area contributed by atoms with Gasteiger partial charge in [0.25, 0.3) is 10.1 Å². The Morgan fingerprint density at radius 3 is 2.47 bits per heavy atom. The van der Waals surface area contributed by atoms with Crippen molar-refractivity contribution in [2.45, 2.75) is 17.7 Å². The van der Waals surface area contributed by atoms with Crippen LogP contribution in [0.3, 0.4) is 0 Å². The van der Waals surface area contributed by atoms with Crippen molar-refractivity contribution < 1.29 is 13.0 Å². The maximum atomic E-state index is 10.9. The van der Waals surface area contributed by atoms with Crippen molar-refractivity contribution in [3.8, 4) is 0 Å². The summed E-state index contributed by atoms with van der Waals surface area (Å²) in [6.07, 6.45) is 2.27. The van der Waals surface area contributed by atoms with Gasteiger partial charge in [0.2, 0.25) is 0 Å². The van der Waals surface area contributed by atoms with Crippen LogP contribution in [0.5, 0.6) is 0 Å². The van der Waals surface area contributed by atoms with Crippen molar-refractivity contribution in [3.63, 3.8) is 0 Å². The number of hydrogen-bond acceptors (Lipinski definition) is 3. The molecule has 1 aromatic rings. The molecule has 1 N–H and O–H groups in total. The third-order valence-corrected chi connectivity index (χ3v) is 3.44. The van der Waals surface area contributed by atoms with Gasteiger partial charge in [0, 0.05) is 18.8 Å². The SMILES string of the molecule is O=S(=O)(O)c1cccc(N2CCCC2)c1. The Morgan fingerprint density at radius 2 is 1.87 bits per heavy atom. The summed E-state index contributed by atoms with van der Waals surface area (Å²) in [5.41, 5.74) is 0.864. The molecule has 2 rings (SSSR count). The number of hydrogen-bond donors (Lipinski definition) is 1. The Balaban J connectivity index is 2.34. The van der Waals surface area contributed by atoms with Crippen LogP contribution in [0.25, 0.3) is 0 Å². The predicted octanol–water partition coefficient (Wildman–Crippen LogP) is 1.53. The highest BCUT2D eigenvalue weighted by atomic mass is 32.2. The van der Waals surface area contributed by atoms with Crippen molar-refractivity contribution in [1.29, 1.82) is 0 Å². The van der Waals surface area contributed by atoms with Gasteiger partial charge in [-0.2, -0.15) is 8.42 Å². The second kappa shape index (κ2) is 3.83. The molecule has 1 fully saturated rings. The molecule has 0 amide bonds. The number of benzene rings is 1. The molecule has 5 heteroatoms. The minimum Gasteiger partial charge on any atom is -0.371 e. The molecule has 0 aromatic heterocycles. The first-order valence-electron chi connectivity index (χ1n) is 4.90. The van der Waals surface area contributed by atoms with Crippen molar-refractivity contribution in [2.75, 3.05) is 18.0 Å². The zero-order valence-corrected chi connectivity index (χ0v) is 9.07. The van der Waals surface area contributed by atoms with Crippen LogP contribution in [0.1, 0.15) is 12.8 Å². The molecule has 15 heavy (non-hydrogen) atoms. The van der Waals surface area contributed by atoms with Gasteiger partial charge in [-0.15, -0.1) is 0 Å². The molecule has 0 radical (unpaired) electrons. The zero-order valence-electron chi connectivity index (χ0n) is 8.26. The Labute approximate surface area is 89.3 Å². The summed E-state index contributed by atoms with van der Waals surface area (Å²) in [6, 6.07) is 6.42. The van der Waals surface area contributed by atoms with Crippen molar-refractivity contribution in [2.24, 2.45) is 0 Å². The van der Waals surface area contributed by atoms with Crippen molar-refractivity contribution >= 4 is 15.8 Å². The summed E-state index contributed by atoms with van der Waals surface area (Å²) in [4.78, 5) is 2.08. The summed E-state index contributed by atoms with van der Waals surface area (Å²) in [7, 11) is -4.08. The van der Waals surface area contributed by atoms with E-state index < -0.39 is 10.1 Å². The maximum Gasteiger partial charge on any atom is 0.294 e. The fourth-order valence-corrected chi connectivity index (χ4v) is 2.34. The largest absolute Gasteiger partial charge is 0.371 e. The second-order valence-electron chi connectivity index (χ2n) is 3.67. The lowest BCUT2D eigenvalue weighted by molar-refractivity contribution is 0.483. The monoisotopic (exact) mass is 227 g/mol. The number of anilines is 1. The molecule has 0 aliphatic carbocycles. The van der Waals surface area contributed by atoms with Crippen molar-refractivity contribution in [1.82, 2.24) is 0 Å². The van der Waals surface area contributed by atoms with Crippen LogP contribution in [0.15, 0.2) is 29.2 Å². The zero-order chi connectivity index (χ0) is 10.9. The second-order valence-corrected chi connectivity index (χ2v) is 5.09. The van der Waals surface area contributed by atoms with Crippen LogP contribution < -0.4 is 4.90 Å². The van der Waals surface area contributed by atoms with Crippen molar-refractivity contribution in [3.05, 3.63) is 24.3 Å². The highest BCUT2D eigenvalue weighted by Gasteiger charge is 2.15. The van der Waals surface area contributed by atoms with Gasteiger partial charge in [0.05, 0.1) is 4.90 Å². The standard InChI is InChI=1S/C10H13NO3S/c12-15(13,14)10-5-3-4-9(8-10)11-6-1-2-7-11/h3-5,8H,1-2,6-7H2,(H,12,13,14). The summed E-state index contributed by atoms with van der Waals surface area (Å²) in [5, 5.41) is 0. The molecule has 1 aliphatic heterocycles. The molecule has 0 atom stereocenters. The summed E-state index contributed by atoms with van der Waals surface area (Å²) in [5.74, 6) is 0. The Morgan fingerprint density at radius 1 is 1.20 bits per heavy atom. The maximum absolute atomic E-state index is 10.9. The average Bonchev–Trinajstić information content (AvgIpc) is 2.69. The first-order chi connectivity index (χ1) is 7.07. The number of rotatable bonds is 2. The van der Waals surface area contributed by atoms with Gasteiger partial charge in [0.1, 0.15) is 0 Å². The van der Waals surface area contributed by atoms with Crippen LogP contribution in [0, 0.1) is 0 Å². The summed E-state index contributed by atoms with van der Waals surface area (Å²) in [6.45, 7) is 1.91. The Bertz CT molecular complexity index is 449. The van der Waals surface area contributed by atoms with Gasteiger partial charge >= 0.3 is 0 Å². The first kappa shape index (κ1) is 10.4. The van der Waals surface area contributed by atoms with Gasteiger partial charge in [-0.05, 0) is 31.0 Å². The van der Waals surface area contributed by atoms with E-state index in [4.69, 9.17) is 4.55 Å². The predicted molar refractivity (Wildman–Crippen MR) is 57.7 cm³/mol. The van der Waals surface area contributed by atoms with Gasteiger partial charge in [0.15, 0.2) is 0 Å². The van der Waals surface area contributed by atoms with Crippen LogP contribution in [0.2, 0.25) is 0 Å². The molecular formula is C10H13NO3S.